The molecular formula is C15H11FN2O. The summed E-state index contributed by atoms with van der Waals surface area (Å²) in [6, 6.07) is 12.3. The number of benzene rings is 2. The van der Waals surface area contributed by atoms with Crippen LogP contribution < -0.4 is 0 Å². The predicted octanol–water partition coefficient (Wildman–Crippen LogP) is 2.61. The Balaban J connectivity index is 2.44. The maximum Gasteiger partial charge on any atom is 0.123 e. The summed E-state index contributed by atoms with van der Waals surface area (Å²) in [5, 5.41) is 26.2. The maximum absolute atomic E-state index is 12.9. The monoisotopic (exact) mass is 254 g/mol. The molecule has 3 nitrogen and oxygen atoms in total. The molecule has 0 atom stereocenters. The standard InChI is InChI=1S/C15H11FN2O/c16-13-4-2-11(3-5-13)15(18)14-6-1-10(8-17)7-12(14)9-19/h1-7,18-19H,9H2. The number of nitriles is 1. The van der Waals surface area contributed by atoms with Crippen LogP contribution in [-0.4, -0.2) is 10.8 Å². The molecular weight excluding hydrogens is 243 g/mol. The first-order chi connectivity index (χ1) is 9.15. The number of nitrogens with zero attached hydrogens (tertiary/aromatic N) is 1. The maximum atomic E-state index is 12.9. The van der Waals surface area contributed by atoms with E-state index in [0.29, 0.717) is 22.3 Å². The van der Waals surface area contributed by atoms with Gasteiger partial charge in [0.15, 0.2) is 0 Å². The second-order valence-electron chi connectivity index (χ2n) is 4.02. The molecule has 0 heterocycles. The van der Waals surface area contributed by atoms with Crippen LogP contribution >= 0.6 is 0 Å². The Morgan fingerprint density at radius 2 is 1.89 bits per heavy atom. The Hall–Kier alpha value is -2.51. The van der Waals surface area contributed by atoms with Gasteiger partial charge in [-0.2, -0.15) is 5.26 Å². The van der Waals surface area contributed by atoms with Gasteiger partial charge in [-0.25, -0.2) is 4.39 Å². The van der Waals surface area contributed by atoms with Gasteiger partial charge in [0, 0.05) is 11.1 Å². The molecule has 0 saturated carbocycles. The summed E-state index contributed by atoms with van der Waals surface area (Å²) in [7, 11) is 0. The Kier molecular flexibility index (Phi) is 3.69. The van der Waals surface area contributed by atoms with Crippen molar-refractivity contribution in [3.8, 4) is 6.07 Å². The van der Waals surface area contributed by atoms with E-state index in [2.05, 4.69) is 0 Å². The fraction of sp³-hybridized carbons (Fsp3) is 0.0667. The largest absolute Gasteiger partial charge is 0.392 e. The second kappa shape index (κ2) is 5.42. The van der Waals surface area contributed by atoms with Gasteiger partial charge in [-0.15, -0.1) is 0 Å². The van der Waals surface area contributed by atoms with E-state index < -0.39 is 0 Å². The molecule has 4 heteroatoms. The quantitative estimate of drug-likeness (QED) is 0.827. The summed E-state index contributed by atoms with van der Waals surface area (Å²) in [5.41, 5.74) is 2.22. The number of aliphatic hydroxyl groups excluding tert-OH is 1. The Labute approximate surface area is 110 Å². The lowest BCUT2D eigenvalue weighted by Crippen LogP contribution is -2.06. The van der Waals surface area contributed by atoms with Crippen molar-refractivity contribution >= 4 is 5.71 Å². The van der Waals surface area contributed by atoms with E-state index in [1.54, 1.807) is 18.2 Å². The molecule has 0 fully saturated rings. The lowest BCUT2D eigenvalue weighted by molar-refractivity contribution is 0.281. The average Bonchev–Trinajstić information content (AvgIpc) is 2.46. The van der Waals surface area contributed by atoms with Gasteiger partial charge in [-0.05, 0) is 42.0 Å². The van der Waals surface area contributed by atoms with Crippen molar-refractivity contribution in [3.63, 3.8) is 0 Å². The van der Waals surface area contributed by atoms with Crippen molar-refractivity contribution in [3.05, 3.63) is 70.5 Å². The van der Waals surface area contributed by atoms with Gasteiger partial charge in [-0.3, -0.25) is 5.41 Å². The van der Waals surface area contributed by atoms with Crippen LogP contribution in [0.2, 0.25) is 0 Å². The number of aliphatic hydroxyl groups is 1. The van der Waals surface area contributed by atoms with Crippen molar-refractivity contribution < 1.29 is 9.50 Å². The SMILES string of the molecule is N#Cc1ccc(C(=N)c2ccc(F)cc2)c(CO)c1. The Morgan fingerprint density at radius 1 is 1.21 bits per heavy atom. The van der Waals surface area contributed by atoms with Gasteiger partial charge >= 0.3 is 0 Å². The number of halogens is 1. The van der Waals surface area contributed by atoms with Crippen LogP contribution in [-0.2, 0) is 6.61 Å². The van der Waals surface area contributed by atoms with E-state index in [-0.39, 0.29) is 18.1 Å². The third-order valence-corrected chi connectivity index (χ3v) is 2.81. The third kappa shape index (κ3) is 2.67. The minimum Gasteiger partial charge on any atom is -0.392 e. The van der Waals surface area contributed by atoms with E-state index in [1.165, 1.54) is 24.3 Å². The van der Waals surface area contributed by atoms with Crippen LogP contribution in [0.5, 0.6) is 0 Å². The first kappa shape index (κ1) is 12.9. The molecule has 0 bridgehead atoms. The summed E-state index contributed by atoms with van der Waals surface area (Å²) in [5.74, 6) is -0.362. The first-order valence-corrected chi connectivity index (χ1v) is 5.64. The second-order valence-corrected chi connectivity index (χ2v) is 4.02. The molecule has 2 rings (SSSR count). The molecule has 0 aromatic heterocycles. The molecule has 94 valence electrons. The fourth-order valence-corrected chi connectivity index (χ4v) is 1.81. The van der Waals surface area contributed by atoms with E-state index in [4.69, 9.17) is 10.7 Å². The highest BCUT2D eigenvalue weighted by Crippen LogP contribution is 2.17. The number of nitrogens with one attached hydrogen (secondary N) is 1. The number of hydrogen-bond donors (Lipinski definition) is 2. The van der Waals surface area contributed by atoms with E-state index in [1.807, 2.05) is 6.07 Å². The van der Waals surface area contributed by atoms with Gasteiger partial charge in [0.25, 0.3) is 0 Å². The molecule has 0 aliphatic carbocycles. The van der Waals surface area contributed by atoms with Crippen molar-refractivity contribution in [2.75, 3.05) is 0 Å². The Morgan fingerprint density at radius 3 is 2.47 bits per heavy atom. The molecule has 2 N–H and O–H groups in total. The highest BCUT2D eigenvalue weighted by atomic mass is 19.1. The van der Waals surface area contributed by atoms with Gasteiger partial charge in [0.2, 0.25) is 0 Å². The molecule has 0 aliphatic heterocycles. The van der Waals surface area contributed by atoms with Gasteiger partial charge in [0.1, 0.15) is 5.82 Å². The highest BCUT2D eigenvalue weighted by Gasteiger charge is 2.10. The summed E-state index contributed by atoms with van der Waals surface area (Å²) in [6.45, 7) is -0.256. The minimum atomic E-state index is -0.362. The fourth-order valence-electron chi connectivity index (χ4n) is 1.81. The zero-order chi connectivity index (χ0) is 13.8. The van der Waals surface area contributed by atoms with Crippen LogP contribution in [0.15, 0.2) is 42.5 Å². The molecule has 0 amide bonds. The Bertz CT molecular complexity index is 657. The van der Waals surface area contributed by atoms with Crippen LogP contribution in [0, 0.1) is 22.6 Å². The molecule has 2 aromatic carbocycles. The van der Waals surface area contributed by atoms with Gasteiger partial charge in [0.05, 0.1) is 24.0 Å². The summed E-state index contributed by atoms with van der Waals surface area (Å²) in [6.07, 6.45) is 0. The number of hydrogen-bond acceptors (Lipinski definition) is 3. The normalized spacial score (nSPS) is 9.95. The third-order valence-electron chi connectivity index (χ3n) is 2.81. The van der Waals surface area contributed by atoms with Crippen molar-refractivity contribution in [2.45, 2.75) is 6.61 Å². The molecule has 0 saturated heterocycles. The van der Waals surface area contributed by atoms with Crippen molar-refractivity contribution in [1.29, 1.82) is 10.7 Å². The van der Waals surface area contributed by atoms with Crippen LogP contribution in [0.3, 0.4) is 0 Å². The first-order valence-electron chi connectivity index (χ1n) is 5.64. The zero-order valence-electron chi connectivity index (χ0n) is 10.0. The number of rotatable bonds is 3. The summed E-state index contributed by atoms with van der Waals surface area (Å²) in [4.78, 5) is 0. The molecule has 0 unspecified atom stereocenters. The lowest BCUT2D eigenvalue weighted by atomic mass is 9.96. The van der Waals surface area contributed by atoms with Crippen LogP contribution in [0.25, 0.3) is 0 Å². The molecule has 0 radical (unpaired) electrons. The van der Waals surface area contributed by atoms with Crippen molar-refractivity contribution in [1.82, 2.24) is 0 Å². The van der Waals surface area contributed by atoms with Gasteiger partial charge < -0.3 is 5.11 Å². The van der Waals surface area contributed by atoms with Crippen molar-refractivity contribution in [2.24, 2.45) is 0 Å². The summed E-state index contributed by atoms with van der Waals surface area (Å²) < 4.78 is 12.9. The molecule has 19 heavy (non-hydrogen) atoms. The zero-order valence-corrected chi connectivity index (χ0v) is 10.0. The van der Waals surface area contributed by atoms with E-state index >= 15 is 0 Å². The average molecular weight is 254 g/mol. The highest BCUT2D eigenvalue weighted by molar-refractivity contribution is 6.11. The molecule has 2 aromatic rings. The lowest BCUT2D eigenvalue weighted by Gasteiger charge is -2.09. The van der Waals surface area contributed by atoms with E-state index in [9.17, 15) is 9.50 Å². The predicted molar refractivity (Wildman–Crippen MR) is 69.4 cm³/mol. The molecule has 0 aliphatic rings. The minimum absolute atomic E-state index is 0.188. The van der Waals surface area contributed by atoms with E-state index in [0.717, 1.165) is 0 Å². The smallest absolute Gasteiger partial charge is 0.123 e. The van der Waals surface area contributed by atoms with Crippen LogP contribution in [0.4, 0.5) is 4.39 Å². The molecule has 0 spiro atoms. The summed E-state index contributed by atoms with van der Waals surface area (Å²) >= 11 is 0. The topological polar surface area (TPSA) is 67.9 Å². The van der Waals surface area contributed by atoms with Gasteiger partial charge in [-0.1, -0.05) is 6.07 Å². The van der Waals surface area contributed by atoms with Crippen LogP contribution in [0.1, 0.15) is 22.3 Å².